The Bertz CT molecular complexity index is 337. The van der Waals surface area contributed by atoms with E-state index in [1.54, 1.807) is 0 Å². The molecule has 0 aliphatic heterocycles. The van der Waals surface area contributed by atoms with Crippen molar-refractivity contribution in [3.05, 3.63) is 0 Å². The van der Waals surface area contributed by atoms with Crippen molar-refractivity contribution in [2.75, 3.05) is 12.3 Å². The normalized spacial score (nSPS) is 23.2. The molecule has 2 N–H and O–H groups in total. The maximum absolute atomic E-state index is 12.0. The smallest absolute Gasteiger partial charge is 0.239 e. The summed E-state index contributed by atoms with van der Waals surface area (Å²) in [6.45, 7) is 7.76. The van der Waals surface area contributed by atoms with Crippen LogP contribution in [0.25, 0.3) is 0 Å². The topological polar surface area (TPSA) is 58.2 Å². The number of carbonyl (C=O) groups is 2. The lowest BCUT2D eigenvalue weighted by atomic mass is 9.94. The largest absolute Gasteiger partial charge is 0.351 e. The fourth-order valence-electron chi connectivity index (χ4n) is 2.36. The van der Waals surface area contributed by atoms with Crippen LogP contribution in [0.1, 0.15) is 53.4 Å². The Hall–Kier alpha value is -0.710. The zero-order valence-corrected chi connectivity index (χ0v) is 13.9. The van der Waals surface area contributed by atoms with E-state index >= 15 is 0 Å². The predicted molar refractivity (Wildman–Crippen MR) is 84.8 cm³/mol. The molecule has 0 saturated heterocycles. The summed E-state index contributed by atoms with van der Waals surface area (Å²) >= 11 is 1.93. The molecule has 1 rings (SSSR count). The number of hydrogen-bond acceptors (Lipinski definition) is 3. The van der Waals surface area contributed by atoms with Crippen molar-refractivity contribution in [3.63, 3.8) is 0 Å². The SMILES string of the molecule is CCS[C@H]1CCCC[C@@H]1NC(=O)CNC(=O)C(C)(C)C. The number of nitrogens with one attached hydrogen (secondary N) is 2. The van der Waals surface area contributed by atoms with Crippen molar-refractivity contribution >= 4 is 23.6 Å². The predicted octanol–water partition coefficient (Wildman–Crippen LogP) is 2.33. The van der Waals surface area contributed by atoms with E-state index < -0.39 is 5.41 Å². The lowest BCUT2D eigenvalue weighted by Crippen LogP contribution is -2.48. The minimum Gasteiger partial charge on any atom is -0.351 e. The van der Waals surface area contributed by atoms with E-state index in [1.807, 2.05) is 32.5 Å². The maximum Gasteiger partial charge on any atom is 0.239 e. The molecule has 1 fully saturated rings. The number of hydrogen-bond donors (Lipinski definition) is 2. The summed E-state index contributed by atoms with van der Waals surface area (Å²) in [6, 6.07) is 0.257. The molecule has 4 nitrogen and oxygen atoms in total. The molecule has 2 atom stereocenters. The second kappa shape index (κ2) is 7.91. The van der Waals surface area contributed by atoms with Gasteiger partial charge >= 0.3 is 0 Å². The Morgan fingerprint density at radius 2 is 1.85 bits per heavy atom. The second-order valence-corrected chi connectivity index (χ2v) is 7.90. The van der Waals surface area contributed by atoms with Gasteiger partial charge in [0.15, 0.2) is 0 Å². The van der Waals surface area contributed by atoms with Crippen LogP contribution in [0.3, 0.4) is 0 Å². The van der Waals surface area contributed by atoms with E-state index in [-0.39, 0.29) is 24.4 Å². The molecule has 0 radical (unpaired) electrons. The summed E-state index contributed by atoms with van der Waals surface area (Å²) < 4.78 is 0. The first kappa shape index (κ1) is 17.3. The molecule has 0 aromatic heterocycles. The Morgan fingerprint density at radius 1 is 1.20 bits per heavy atom. The molecule has 0 bridgehead atoms. The average Bonchev–Trinajstić information content (AvgIpc) is 2.37. The Kier molecular flexibility index (Phi) is 6.86. The zero-order chi connectivity index (χ0) is 15.2. The number of thioether (sulfide) groups is 1. The van der Waals surface area contributed by atoms with Gasteiger partial charge in [0.2, 0.25) is 11.8 Å². The zero-order valence-electron chi connectivity index (χ0n) is 13.1. The summed E-state index contributed by atoms with van der Waals surface area (Å²) in [6.07, 6.45) is 4.67. The summed E-state index contributed by atoms with van der Waals surface area (Å²) in [5.74, 6) is 0.921. The van der Waals surface area contributed by atoms with E-state index in [9.17, 15) is 9.59 Å². The molecule has 2 amide bonds. The highest BCUT2D eigenvalue weighted by Crippen LogP contribution is 2.28. The first-order chi connectivity index (χ1) is 9.34. The van der Waals surface area contributed by atoms with Crippen molar-refractivity contribution in [2.24, 2.45) is 5.41 Å². The van der Waals surface area contributed by atoms with Crippen molar-refractivity contribution in [3.8, 4) is 0 Å². The average molecular weight is 300 g/mol. The van der Waals surface area contributed by atoms with Gasteiger partial charge in [-0.05, 0) is 18.6 Å². The van der Waals surface area contributed by atoms with E-state index in [4.69, 9.17) is 0 Å². The molecule has 0 heterocycles. The van der Waals surface area contributed by atoms with Gasteiger partial charge in [-0.2, -0.15) is 11.8 Å². The molecule has 1 aliphatic rings. The molecular formula is C15H28N2O2S. The summed E-state index contributed by atoms with van der Waals surface area (Å²) in [7, 11) is 0. The van der Waals surface area contributed by atoms with Crippen LogP contribution >= 0.6 is 11.8 Å². The summed E-state index contributed by atoms with van der Waals surface area (Å²) in [5.41, 5.74) is -0.453. The van der Waals surface area contributed by atoms with Gasteiger partial charge in [0.1, 0.15) is 0 Å². The standard InChI is InChI=1S/C15H28N2O2S/c1-5-20-12-9-7-6-8-11(12)17-13(18)10-16-14(19)15(2,3)4/h11-12H,5-10H2,1-4H3,(H,16,19)(H,17,18)/t11-,12-/m0/s1. The first-order valence-corrected chi connectivity index (χ1v) is 8.58. The quantitative estimate of drug-likeness (QED) is 0.819. The molecule has 20 heavy (non-hydrogen) atoms. The molecular weight excluding hydrogens is 272 g/mol. The van der Waals surface area contributed by atoms with Gasteiger partial charge < -0.3 is 10.6 Å². The van der Waals surface area contributed by atoms with E-state index in [0.717, 1.165) is 12.2 Å². The third-order valence-corrected chi connectivity index (χ3v) is 4.85. The van der Waals surface area contributed by atoms with Crippen LogP contribution < -0.4 is 10.6 Å². The summed E-state index contributed by atoms with van der Waals surface area (Å²) in [4.78, 5) is 23.7. The molecule has 0 aromatic rings. The molecule has 1 aliphatic carbocycles. The van der Waals surface area contributed by atoms with Gasteiger partial charge in [0, 0.05) is 16.7 Å². The maximum atomic E-state index is 12.0. The summed E-state index contributed by atoms with van der Waals surface area (Å²) in [5, 5.41) is 6.31. The Balaban J connectivity index is 2.38. The molecule has 0 spiro atoms. The van der Waals surface area contributed by atoms with Crippen molar-refractivity contribution < 1.29 is 9.59 Å². The van der Waals surface area contributed by atoms with Gasteiger partial charge in [-0.15, -0.1) is 0 Å². The number of amides is 2. The third kappa shape index (κ3) is 5.73. The van der Waals surface area contributed by atoms with Crippen molar-refractivity contribution in [1.82, 2.24) is 10.6 Å². The fourth-order valence-corrected chi connectivity index (χ4v) is 3.56. The molecule has 0 aromatic carbocycles. The van der Waals surface area contributed by atoms with Gasteiger partial charge in [0.25, 0.3) is 0 Å². The van der Waals surface area contributed by atoms with Crippen LogP contribution in [-0.4, -0.2) is 35.4 Å². The molecule has 0 unspecified atom stereocenters. The minimum atomic E-state index is -0.453. The van der Waals surface area contributed by atoms with Gasteiger partial charge in [-0.3, -0.25) is 9.59 Å². The lowest BCUT2D eigenvalue weighted by molar-refractivity contribution is -0.131. The minimum absolute atomic E-state index is 0.0730. The highest BCUT2D eigenvalue weighted by atomic mass is 32.2. The fraction of sp³-hybridized carbons (Fsp3) is 0.867. The van der Waals surface area contributed by atoms with Crippen LogP contribution in [0.5, 0.6) is 0 Å². The van der Waals surface area contributed by atoms with Crippen LogP contribution in [0.4, 0.5) is 0 Å². The number of rotatable bonds is 5. The van der Waals surface area contributed by atoms with Crippen LogP contribution in [0.2, 0.25) is 0 Å². The van der Waals surface area contributed by atoms with Crippen molar-refractivity contribution in [1.29, 1.82) is 0 Å². The van der Waals surface area contributed by atoms with Crippen LogP contribution in [0, 0.1) is 5.41 Å². The molecule has 5 heteroatoms. The second-order valence-electron chi connectivity index (χ2n) is 6.38. The molecule has 116 valence electrons. The Morgan fingerprint density at radius 3 is 2.45 bits per heavy atom. The van der Waals surface area contributed by atoms with Crippen LogP contribution in [-0.2, 0) is 9.59 Å². The monoisotopic (exact) mass is 300 g/mol. The van der Waals surface area contributed by atoms with Gasteiger partial charge in [-0.1, -0.05) is 40.5 Å². The van der Waals surface area contributed by atoms with Gasteiger partial charge in [0.05, 0.1) is 6.54 Å². The number of carbonyl (C=O) groups excluding carboxylic acids is 2. The van der Waals surface area contributed by atoms with E-state index in [2.05, 4.69) is 17.6 Å². The van der Waals surface area contributed by atoms with E-state index in [1.165, 1.54) is 19.3 Å². The van der Waals surface area contributed by atoms with Crippen LogP contribution in [0.15, 0.2) is 0 Å². The highest BCUT2D eigenvalue weighted by Gasteiger charge is 2.27. The first-order valence-electron chi connectivity index (χ1n) is 7.54. The Labute approximate surface area is 126 Å². The van der Waals surface area contributed by atoms with E-state index in [0.29, 0.717) is 5.25 Å². The van der Waals surface area contributed by atoms with Crippen molar-refractivity contribution in [2.45, 2.75) is 64.7 Å². The third-order valence-electron chi connectivity index (χ3n) is 3.52. The van der Waals surface area contributed by atoms with Gasteiger partial charge in [-0.25, -0.2) is 0 Å². The molecule has 1 saturated carbocycles. The highest BCUT2D eigenvalue weighted by molar-refractivity contribution is 7.99. The lowest BCUT2D eigenvalue weighted by Gasteiger charge is -2.31.